The van der Waals surface area contributed by atoms with Gasteiger partial charge in [-0.05, 0) is 59.9 Å². The first-order valence-corrected chi connectivity index (χ1v) is 8.87. The minimum Gasteiger partial charge on any atom is -0.310 e. The molecule has 0 aliphatic heterocycles. The fraction of sp³-hybridized carbons (Fsp3) is 0.700. The summed E-state index contributed by atoms with van der Waals surface area (Å²) >= 11 is 0. The summed E-state index contributed by atoms with van der Waals surface area (Å²) in [4.78, 5) is 0. The van der Waals surface area contributed by atoms with Crippen LogP contribution in [0, 0.1) is 11.8 Å². The molecule has 0 aliphatic rings. The Kier molecular flexibility index (Phi) is 7.45. The molecule has 0 amide bonds. The second-order valence-electron chi connectivity index (χ2n) is 6.53. The van der Waals surface area contributed by atoms with Crippen molar-refractivity contribution in [3.05, 3.63) is 34.4 Å². The average Bonchev–Trinajstić information content (AvgIpc) is 2.50. The standard InChI is InChI=1S/C20H35N/c1-8-16-12-17(9-2)19(18(10-3)13-16)20(21-11-4)15(7)14(5)6/h12-15,20-21H,8-11H2,1-7H3. The molecule has 0 fully saturated rings. The van der Waals surface area contributed by atoms with Crippen molar-refractivity contribution in [1.82, 2.24) is 5.32 Å². The van der Waals surface area contributed by atoms with Gasteiger partial charge >= 0.3 is 0 Å². The zero-order valence-corrected chi connectivity index (χ0v) is 15.2. The van der Waals surface area contributed by atoms with Crippen LogP contribution in [0.15, 0.2) is 12.1 Å². The molecule has 2 atom stereocenters. The van der Waals surface area contributed by atoms with E-state index >= 15 is 0 Å². The third-order valence-electron chi connectivity index (χ3n) is 4.89. The molecule has 0 heterocycles. The van der Waals surface area contributed by atoms with Crippen molar-refractivity contribution >= 4 is 0 Å². The van der Waals surface area contributed by atoms with Gasteiger partial charge in [-0.15, -0.1) is 0 Å². The van der Waals surface area contributed by atoms with Gasteiger partial charge in [0.05, 0.1) is 0 Å². The number of nitrogens with one attached hydrogen (secondary N) is 1. The summed E-state index contributed by atoms with van der Waals surface area (Å²) < 4.78 is 0. The van der Waals surface area contributed by atoms with Crippen LogP contribution in [0.1, 0.15) is 76.8 Å². The normalized spacial score (nSPS) is 14.5. The summed E-state index contributed by atoms with van der Waals surface area (Å²) in [6.07, 6.45) is 3.39. The molecule has 1 nitrogen and oxygen atoms in total. The highest BCUT2D eigenvalue weighted by molar-refractivity contribution is 5.42. The lowest BCUT2D eigenvalue weighted by Crippen LogP contribution is -2.31. The highest BCUT2D eigenvalue weighted by Gasteiger charge is 2.25. The van der Waals surface area contributed by atoms with E-state index in [4.69, 9.17) is 0 Å². The predicted octanol–water partition coefficient (Wildman–Crippen LogP) is 5.32. The maximum atomic E-state index is 3.77. The maximum absolute atomic E-state index is 3.77. The molecule has 1 rings (SSSR count). The monoisotopic (exact) mass is 289 g/mol. The SMILES string of the molecule is CCNC(c1c(CC)cc(CC)cc1CC)C(C)C(C)C. The largest absolute Gasteiger partial charge is 0.310 e. The first-order chi connectivity index (χ1) is 9.99. The van der Waals surface area contributed by atoms with Gasteiger partial charge in [-0.1, -0.05) is 60.6 Å². The first-order valence-electron chi connectivity index (χ1n) is 8.87. The van der Waals surface area contributed by atoms with E-state index in [0.29, 0.717) is 17.9 Å². The Balaban J connectivity index is 3.40. The van der Waals surface area contributed by atoms with Crippen LogP contribution in [0.2, 0.25) is 0 Å². The molecule has 0 saturated heterocycles. The molecule has 1 N–H and O–H groups in total. The Bertz CT molecular complexity index is 408. The average molecular weight is 290 g/mol. The lowest BCUT2D eigenvalue weighted by molar-refractivity contribution is 0.305. The van der Waals surface area contributed by atoms with Crippen molar-refractivity contribution in [2.45, 2.75) is 73.8 Å². The number of hydrogen-bond acceptors (Lipinski definition) is 1. The molecular weight excluding hydrogens is 254 g/mol. The van der Waals surface area contributed by atoms with Crippen molar-refractivity contribution in [2.24, 2.45) is 11.8 Å². The van der Waals surface area contributed by atoms with E-state index in [1.807, 2.05) is 0 Å². The van der Waals surface area contributed by atoms with Crippen LogP contribution in [0.3, 0.4) is 0 Å². The van der Waals surface area contributed by atoms with E-state index in [0.717, 1.165) is 25.8 Å². The lowest BCUT2D eigenvalue weighted by atomic mass is 9.80. The van der Waals surface area contributed by atoms with Gasteiger partial charge < -0.3 is 5.32 Å². The summed E-state index contributed by atoms with van der Waals surface area (Å²) in [5.41, 5.74) is 6.16. The molecule has 120 valence electrons. The van der Waals surface area contributed by atoms with Crippen LogP contribution >= 0.6 is 0 Å². The summed E-state index contributed by atoms with van der Waals surface area (Å²) in [7, 11) is 0. The Morgan fingerprint density at radius 1 is 0.857 bits per heavy atom. The highest BCUT2D eigenvalue weighted by atomic mass is 14.9. The maximum Gasteiger partial charge on any atom is 0.0353 e. The van der Waals surface area contributed by atoms with E-state index in [9.17, 15) is 0 Å². The van der Waals surface area contributed by atoms with Crippen LogP contribution in [0.4, 0.5) is 0 Å². The molecule has 1 aromatic rings. The van der Waals surface area contributed by atoms with E-state index < -0.39 is 0 Å². The van der Waals surface area contributed by atoms with Crippen LogP contribution in [0.5, 0.6) is 0 Å². The lowest BCUT2D eigenvalue weighted by Gasteiger charge is -2.32. The van der Waals surface area contributed by atoms with Crippen LogP contribution < -0.4 is 5.32 Å². The van der Waals surface area contributed by atoms with Crippen LogP contribution in [-0.2, 0) is 19.3 Å². The molecular formula is C20H35N. The van der Waals surface area contributed by atoms with Gasteiger partial charge in [0.2, 0.25) is 0 Å². The summed E-state index contributed by atoms with van der Waals surface area (Å²) in [6, 6.07) is 5.35. The third kappa shape index (κ3) is 4.32. The van der Waals surface area contributed by atoms with E-state index in [-0.39, 0.29) is 0 Å². The van der Waals surface area contributed by atoms with Gasteiger partial charge in [-0.3, -0.25) is 0 Å². The number of aryl methyl sites for hydroxylation is 3. The summed E-state index contributed by atoms with van der Waals surface area (Å²) in [6.45, 7) is 17.2. The second kappa shape index (κ2) is 8.58. The van der Waals surface area contributed by atoms with Gasteiger partial charge in [0.1, 0.15) is 0 Å². The van der Waals surface area contributed by atoms with Gasteiger partial charge in [0.15, 0.2) is 0 Å². The van der Waals surface area contributed by atoms with Gasteiger partial charge in [-0.25, -0.2) is 0 Å². The zero-order chi connectivity index (χ0) is 16.0. The zero-order valence-electron chi connectivity index (χ0n) is 15.2. The molecule has 2 unspecified atom stereocenters. The fourth-order valence-electron chi connectivity index (χ4n) is 3.20. The van der Waals surface area contributed by atoms with Crippen LogP contribution in [-0.4, -0.2) is 6.54 Å². The summed E-state index contributed by atoms with van der Waals surface area (Å²) in [5.74, 6) is 1.34. The molecule has 0 saturated carbocycles. The summed E-state index contributed by atoms with van der Waals surface area (Å²) in [5, 5.41) is 3.77. The van der Waals surface area contributed by atoms with Crippen molar-refractivity contribution < 1.29 is 0 Å². The van der Waals surface area contributed by atoms with Crippen molar-refractivity contribution in [1.29, 1.82) is 0 Å². The van der Waals surface area contributed by atoms with Crippen molar-refractivity contribution in [2.75, 3.05) is 6.54 Å². The molecule has 0 spiro atoms. The third-order valence-corrected chi connectivity index (χ3v) is 4.89. The highest BCUT2D eigenvalue weighted by Crippen LogP contribution is 2.34. The molecule has 1 heteroatoms. The van der Waals surface area contributed by atoms with Crippen LogP contribution in [0.25, 0.3) is 0 Å². The quantitative estimate of drug-likeness (QED) is 0.683. The van der Waals surface area contributed by atoms with E-state index in [1.54, 1.807) is 16.7 Å². The van der Waals surface area contributed by atoms with E-state index in [2.05, 4.69) is 65.9 Å². The first kappa shape index (κ1) is 18.2. The topological polar surface area (TPSA) is 12.0 Å². The van der Waals surface area contributed by atoms with Crippen molar-refractivity contribution in [3.8, 4) is 0 Å². The predicted molar refractivity (Wildman–Crippen MR) is 95.0 cm³/mol. The Labute approximate surface area is 132 Å². The molecule has 21 heavy (non-hydrogen) atoms. The Morgan fingerprint density at radius 3 is 1.71 bits per heavy atom. The number of benzene rings is 1. The molecule has 0 aromatic heterocycles. The van der Waals surface area contributed by atoms with E-state index in [1.165, 1.54) is 5.56 Å². The Morgan fingerprint density at radius 2 is 1.38 bits per heavy atom. The van der Waals surface area contributed by atoms with Gasteiger partial charge in [-0.2, -0.15) is 0 Å². The van der Waals surface area contributed by atoms with Crippen molar-refractivity contribution in [3.63, 3.8) is 0 Å². The fourth-order valence-corrected chi connectivity index (χ4v) is 3.20. The smallest absolute Gasteiger partial charge is 0.0353 e. The molecule has 0 bridgehead atoms. The minimum atomic E-state index is 0.478. The second-order valence-corrected chi connectivity index (χ2v) is 6.53. The number of rotatable bonds is 8. The Hall–Kier alpha value is -0.820. The molecule has 0 radical (unpaired) electrons. The minimum absolute atomic E-state index is 0.478. The molecule has 0 aliphatic carbocycles. The van der Waals surface area contributed by atoms with Gasteiger partial charge in [0.25, 0.3) is 0 Å². The molecule has 1 aromatic carbocycles. The van der Waals surface area contributed by atoms with Gasteiger partial charge in [0, 0.05) is 6.04 Å². The number of hydrogen-bond donors (Lipinski definition) is 1.